The second-order valence-electron chi connectivity index (χ2n) is 5.80. The van der Waals surface area contributed by atoms with E-state index in [0.717, 1.165) is 24.3 Å². The number of esters is 1. The van der Waals surface area contributed by atoms with E-state index in [1.54, 1.807) is 11.3 Å². The first-order chi connectivity index (χ1) is 10.7. The average Bonchev–Trinajstić information content (AvgIpc) is 3.02. The molecule has 0 radical (unpaired) electrons. The van der Waals surface area contributed by atoms with E-state index in [1.165, 1.54) is 45.7 Å². The molecule has 0 aliphatic carbocycles. The van der Waals surface area contributed by atoms with Crippen molar-refractivity contribution in [2.45, 2.75) is 65.4 Å². The summed E-state index contributed by atoms with van der Waals surface area (Å²) in [5.74, 6) is -0.188. The number of thiophene rings is 1. The van der Waals surface area contributed by atoms with Gasteiger partial charge in [-0.05, 0) is 56.8 Å². The van der Waals surface area contributed by atoms with Gasteiger partial charge in [-0.15, -0.1) is 11.3 Å². The highest BCUT2D eigenvalue weighted by molar-refractivity contribution is 7.10. The number of carbonyl (C=O) groups excluding carboxylic acids is 1. The number of hydrogen-bond acceptors (Lipinski definition) is 4. The van der Waals surface area contributed by atoms with Gasteiger partial charge >= 0.3 is 5.97 Å². The Bertz CT molecular complexity index is 384. The van der Waals surface area contributed by atoms with Crippen LogP contribution in [0.4, 0.5) is 0 Å². The molecule has 0 saturated heterocycles. The SMILES string of the molecule is CCCCN(CCCC)CCC[C@H](OC(C)=O)c1cccs1. The van der Waals surface area contributed by atoms with Gasteiger partial charge in [0.05, 0.1) is 0 Å². The van der Waals surface area contributed by atoms with Crippen molar-refractivity contribution in [3.8, 4) is 0 Å². The van der Waals surface area contributed by atoms with Crippen LogP contribution in [0.15, 0.2) is 17.5 Å². The van der Waals surface area contributed by atoms with E-state index < -0.39 is 0 Å². The van der Waals surface area contributed by atoms with Crippen LogP contribution in [0.5, 0.6) is 0 Å². The van der Waals surface area contributed by atoms with Crippen LogP contribution >= 0.6 is 11.3 Å². The lowest BCUT2D eigenvalue weighted by atomic mass is 10.1. The number of hydrogen-bond donors (Lipinski definition) is 0. The summed E-state index contributed by atoms with van der Waals surface area (Å²) in [4.78, 5) is 15.0. The predicted molar refractivity (Wildman–Crippen MR) is 94.3 cm³/mol. The molecule has 0 spiro atoms. The van der Waals surface area contributed by atoms with Crippen LogP contribution < -0.4 is 0 Å². The Morgan fingerprint density at radius 3 is 2.32 bits per heavy atom. The van der Waals surface area contributed by atoms with Crippen LogP contribution in [-0.4, -0.2) is 30.5 Å². The molecule has 4 heteroatoms. The van der Waals surface area contributed by atoms with Gasteiger partial charge in [-0.3, -0.25) is 4.79 Å². The maximum absolute atomic E-state index is 11.3. The molecule has 1 atom stereocenters. The molecular weight excluding hydrogens is 294 g/mol. The normalized spacial score (nSPS) is 12.5. The quantitative estimate of drug-likeness (QED) is 0.505. The van der Waals surface area contributed by atoms with E-state index in [2.05, 4.69) is 24.8 Å². The van der Waals surface area contributed by atoms with Gasteiger partial charge in [-0.25, -0.2) is 0 Å². The van der Waals surface area contributed by atoms with Crippen molar-refractivity contribution in [3.05, 3.63) is 22.4 Å². The summed E-state index contributed by atoms with van der Waals surface area (Å²) >= 11 is 1.67. The van der Waals surface area contributed by atoms with Gasteiger partial charge in [-0.1, -0.05) is 32.8 Å². The van der Waals surface area contributed by atoms with Crippen molar-refractivity contribution in [1.82, 2.24) is 4.90 Å². The van der Waals surface area contributed by atoms with Gasteiger partial charge in [-0.2, -0.15) is 0 Å². The van der Waals surface area contributed by atoms with Crippen LogP contribution in [-0.2, 0) is 9.53 Å². The Kier molecular flexibility index (Phi) is 10.2. The molecule has 0 unspecified atom stereocenters. The summed E-state index contributed by atoms with van der Waals surface area (Å²) in [5.41, 5.74) is 0. The fraction of sp³-hybridized carbons (Fsp3) is 0.722. The molecule has 126 valence electrons. The highest BCUT2D eigenvalue weighted by Gasteiger charge is 2.16. The lowest BCUT2D eigenvalue weighted by molar-refractivity contribution is -0.147. The summed E-state index contributed by atoms with van der Waals surface area (Å²) in [6, 6.07) is 4.08. The second-order valence-corrected chi connectivity index (χ2v) is 6.78. The third-order valence-electron chi connectivity index (χ3n) is 3.77. The van der Waals surface area contributed by atoms with Gasteiger partial charge in [0.2, 0.25) is 0 Å². The molecular formula is C18H31NO2S. The number of nitrogens with zero attached hydrogens (tertiary/aromatic N) is 1. The Labute approximate surface area is 139 Å². The first-order valence-electron chi connectivity index (χ1n) is 8.60. The lowest BCUT2D eigenvalue weighted by Crippen LogP contribution is -2.27. The molecule has 1 rings (SSSR count). The van der Waals surface area contributed by atoms with Crippen LogP contribution in [0.1, 0.15) is 70.3 Å². The first-order valence-corrected chi connectivity index (χ1v) is 9.48. The Hall–Kier alpha value is -0.870. The van der Waals surface area contributed by atoms with Gasteiger partial charge < -0.3 is 9.64 Å². The smallest absolute Gasteiger partial charge is 0.303 e. The molecule has 0 aliphatic rings. The molecule has 0 fully saturated rings. The zero-order chi connectivity index (χ0) is 16.2. The second kappa shape index (κ2) is 11.7. The zero-order valence-electron chi connectivity index (χ0n) is 14.3. The molecule has 1 aromatic heterocycles. The van der Waals surface area contributed by atoms with Crippen molar-refractivity contribution < 1.29 is 9.53 Å². The molecule has 0 N–H and O–H groups in total. The van der Waals surface area contributed by atoms with Crippen molar-refractivity contribution >= 4 is 17.3 Å². The molecule has 0 aromatic carbocycles. The predicted octanol–water partition coefficient (Wildman–Crippen LogP) is 5.03. The van der Waals surface area contributed by atoms with E-state index in [-0.39, 0.29) is 12.1 Å². The first kappa shape index (κ1) is 19.2. The number of unbranched alkanes of at least 4 members (excludes halogenated alkanes) is 2. The van der Waals surface area contributed by atoms with Crippen molar-refractivity contribution in [2.24, 2.45) is 0 Å². The van der Waals surface area contributed by atoms with Gasteiger partial charge in [0.15, 0.2) is 0 Å². The summed E-state index contributed by atoms with van der Waals surface area (Å²) in [5, 5.41) is 2.04. The number of ether oxygens (including phenoxy) is 1. The third-order valence-corrected chi connectivity index (χ3v) is 4.73. The van der Waals surface area contributed by atoms with Crippen LogP contribution in [0.2, 0.25) is 0 Å². The molecule has 3 nitrogen and oxygen atoms in total. The Morgan fingerprint density at radius 2 is 1.82 bits per heavy atom. The minimum atomic E-state index is -0.188. The zero-order valence-corrected chi connectivity index (χ0v) is 15.2. The fourth-order valence-electron chi connectivity index (χ4n) is 2.53. The van der Waals surface area contributed by atoms with E-state index in [1.807, 2.05) is 11.4 Å². The van der Waals surface area contributed by atoms with Crippen molar-refractivity contribution in [2.75, 3.05) is 19.6 Å². The molecule has 1 heterocycles. The summed E-state index contributed by atoms with van der Waals surface area (Å²) in [6.45, 7) is 9.46. The minimum absolute atomic E-state index is 0.0725. The van der Waals surface area contributed by atoms with Gasteiger partial charge in [0, 0.05) is 11.8 Å². The highest BCUT2D eigenvalue weighted by atomic mass is 32.1. The monoisotopic (exact) mass is 325 g/mol. The molecule has 1 aromatic rings. The third kappa shape index (κ3) is 7.95. The van der Waals surface area contributed by atoms with E-state index in [4.69, 9.17) is 4.74 Å². The number of carbonyl (C=O) groups is 1. The topological polar surface area (TPSA) is 29.5 Å². The maximum atomic E-state index is 11.3. The van der Waals surface area contributed by atoms with E-state index in [0.29, 0.717) is 0 Å². The standard InChI is InChI=1S/C18H31NO2S/c1-4-6-12-19(13-7-5-2)14-8-10-17(21-16(3)20)18-11-9-15-22-18/h9,11,15,17H,4-8,10,12-14H2,1-3H3/t17-/m0/s1. The average molecular weight is 326 g/mol. The summed E-state index contributed by atoms with van der Waals surface area (Å²) in [6.07, 6.45) is 6.93. The Morgan fingerprint density at radius 1 is 1.18 bits per heavy atom. The van der Waals surface area contributed by atoms with Crippen molar-refractivity contribution in [1.29, 1.82) is 0 Å². The van der Waals surface area contributed by atoms with Crippen LogP contribution in [0, 0.1) is 0 Å². The van der Waals surface area contributed by atoms with Crippen LogP contribution in [0.3, 0.4) is 0 Å². The largest absolute Gasteiger partial charge is 0.457 e. The molecule has 0 aliphatic heterocycles. The Balaban J connectivity index is 2.43. The lowest BCUT2D eigenvalue weighted by Gasteiger charge is -2.23. The molecule has 0 amide bonds. The van der Waals surface area contributed by atoms with Crippen molar-refractivity contribution in [3.63, 3.8) is 0 Å². The van der Waals surface area contributed by atoms with Crippen LogP contribution in [0.25, 0.3) is 0 Å². The van der Waals surface area contributed by atoms with Gasteiger partial charge in [0.25, 0.3) is 0 Å². The number of rotatable bonds is 12. The van der Waals surface area contributed by atoms with E-state index in [9.17, 15) is 4.79 Å². The summed E-state index contributed by atoms with van der Waals surface area (Å²) in [7, 11) is 0. The fourth-order valence-corrected chi connectivity index (χ4v) is 3.32. The molecule has 22 heavy (non-hydrogen) atoms. The molecule has 0 bridgehead atoms. The highest BCUT2D eigenvalue weighted by Crippen LogP contribution is 2.27. The maximum Gasteiger partial charge on any atom is 0.303 e. The van der Waals surface area contributed by atoms with E-state index >= 15 is 0 Å². The minimum Gasteiger partial charge on any atom is -0.457 e. The molecule has 0 saturated carbocycles. The summed E-state index contributed by atoms with van der Waals surface area (Å²) < 4.78 is 5.49. The van der Waals surface area contributed by atoms with Gasteiger partial charge in [0.1, 0.15) is 6.10 Å².